The van der Waals surface area contributed by atoms with E-state index < -0.39 is 4.92 Å². The Labute approximate surface area is 184 Å². The number of benzene rings is 2. The summed E-state index contributed by atoms with van der Waals surface area (Å²) in [5.74, 6) is 1.23. The molecule has 9 heteroatoms. The van der Waals surface area contributed by atoms with Gasteiger partial charge in [-0.2, -0.15) is 0 Å². The van der Waals surface area contributed by atoms with Crippen LogP contribution in [0, 0.1) is 17.0 Å². The smallest absolute Gasteiger partial charge is 0.288 e. The number of nitro groups is 1. The Bertz CT molecular complexity index is 1090. The van der Waals surface area contributed by atoms with Crippen LogP contribution in [0.25, 0.3) is 10.9 Å². The van der Waals surface area contributed by atoms with Gasteiger partial charge in [0.25, 0.3) is 5.69 Å². The van der Waals surface area contributed by atoms with Crippen molar-refractivity contribution in [2.45, 2.75) is 13.5 Å². The van der Waals surface area contributed by atoms with Crippen LogP contribution in [0.3, 0.4) is 0 Å². The SMILES string of the molecule is Cc1cc(OCCN(C)C)c2cccc(OCc3c(Cl)ccc([N+](=O)[O-])c3Cl)c2n1. The third-order valence-electron chi connectivity index (χ3n) is 4.42. The highest BCUT2D eigenvalue weighted by Gasteiger charge is 2.20. The van der Waals surface area contributed by atoms with Crippen molar-refractivity contribution in [3.05, 3.63) is 67.8 Å². The highest BCUT2D eigenvalue weighted by molar-refractivity contribution is 6.37. The number of aryl methyl sites for hydroxylation is 1. The standard InChI is InChI=1S/C21H21Cl2N3O4/c1-13-11-19(29-10-9-25(2)3)14-5-4-6-18(21(14)24-13)30-12-15-16(22)7-8-17(20(15)23)26(27)28/h4-8,11H,9-10,12H2,1-3H3. The molecule has 30 heavy (non-hydrogen) atoms. The summed E-state index contributed by atoms with van der Waals surface area (Å²) in [5.41, 5.74) is 1.54. The number of fused-ring (bicyclic) bond motifs is 1. The highest BCUT2D eigenvalue weighted by atomic mass is 35.5. The largest absolute Gasteiger partial charge is 0.491 e. The Balaban J connectivity index is 1.92. The molecule has 0 radical (unpaired) electrons. The highest BCUT2D eigenvalue weighted by Crippen LogP contribution is 2.36. The second-order valence-electron chi connectivity index (χ2n) is 6.97. The molecule has 7 nitrogen and oxygen atoms in total. The number of nitrogens with zero attached hydrogens (tertiary/aromatic N) is 3. The third kappa shape index (κ3) is 4.92. The van der Waals surface area contributed by atoms with Crippen molar-refractivity contribution in [1.82, 2.24) is 9.88 Å². The number of ether oxygens (including phenoxy) is 2. The average Bonchev–Trinajstić information content (AvgIpc) is 2.67. The van der Waals surface area contributed by atoms with Gasteiger partial charge in [-0.05, 0) is 39.2 Å². The molecule has 0 amide bonds. The minimum Gasteiger partial charge on any atom is -0.491 e. The van der Waals surface area contributed by atoms with Gasteiger partial charge in [0.05, 0.1) is 4.92 Å². The predicted molar refractivity (Wildman–Crippen MR) is 118 cm³/mol. The fourth-order valence-corrected chi connectivity index (χ4v) is 3.44. The van der Waals surface area contributed by atoms with E-state index in [9.17, 15) is 10.1 Å². The van der Waals surface area contributed by atoms with Crippen LogP contribution in [0.1, 0.15) is 11.3 Å². The average molecular weight is 450 g/mol. The van der Waals surface area contributed by atoms with E-state index in [1.54, 1.807) is 6.07 Å². The molecule has 1 aromatic heterocycles. The summed E-state index contributed by atoms with van der Waals surface area (Å²) >= 11 is 12.4. The van der Waals surface area contributed by atoms with E-state index in [1.165, 1.54) is 12.1 Å². The molecule has 0 atom stereocenters. The van der Waals surface area contributed by atoms with Crippen LogP contribution >= 0.6 is 23.2 Å². The van der Waals surface area contributed by atoms with Crippen molar-refractivity contribution < 1.29 is 14.4 Å². The van der Waals surface area contributed by atoms with Gasteiger partial charge in [0, 0.05) is 40.3 Å². The molecule has 3 rings (SSSR count). The van der Waals surface area contributed by atoms with E-state index in [-0.39, 0.29) is 17.3 Å². The summed E-state index contributed by atoms with van der Waals surface area (Å²) in [6.45, 7) is 3.16. The molecule has 0 saturated heterocycles. The molecule has 0 aliphatic carbocycles. The van der Waals surface area contributed by atoms with Crippen LogP contribution in [-0.4, -0.2) is 42.1 Å². The Kier molecular flexibility index (Phi) is 6.97. The quantitative estimate of drug-likeness (QED) is 0.343. The summed E-state index contributed by atoms with van der Waals surface area (Å²) in [6.07, 6.45) is 0. The molecule has 0 bridgehead atoms. The second-order valence-corrected chi connectivity index (χ2v) is 7.76. The van der Waals surface area contributed by atoms with Gasteiger partial charge in [0.15, 0.2) is 0 Å². The topological polar surface area (TPSA) is 77.7 Å². The number of aromatic nitrogens is 1. The van der Waals surface area contributed by atoms with E-state index in [0.29, 0.717) is 28.5 Å². The number of hydrogen-bond donors (Lipinski definition) is 0. The van der Waals surface area contributed by atoms with Gasteiger partial charge in [-0.3, -0.25) is 10.1 Å². The second kappa shape index (κ2) is 9.47. The lowest BCUT2D eigenvalue weighted by Crippen LogP contribution is -2.19. The lowest BCUT2D eigenvalue weighted by atomic mass is 10.1. The number of rotatable bonds is 8. The summed E-state index contributed by atoms with van der Waals surface area (Å²) < 4.78 is 11.9. The molecule has 0 aliphatic heterocycles. The van der Waals surface area contributed by atoms with Crippen LogP contribution < -0.4 is 9.47 Å². The Morgan fingerprint density at radius 3 is 2.60 bits per heavy atom. The molecular weight excluding hydrogens is 429 g/mol. The maximum absolute atomic E-state index is 11.1. The normalized spacial score (nSPS) is 11.1. The van der Waals surface area contributed by atoms with Crippen molar-refractivity contribution in [2.75, 3.05) is 27.2 Å². The van der Waals surface area contributed by atoms with Gasteiger partial charge in [-0.15, -0.1) is 0 Å². The minimum absolute atomic E-state index is 0.0368. The van der Waals surface area contributed by atoms with Gasteiger partial charge < -0.3 is 14.4 Å². The van der Waals surface area contributed by atoms with Gasteiger partial charge in [-0.25, -0.2) is 4.98 Å². The van der Waals surface area contributed by atoms with Crippen molar-refractivity contribution in [3.63, 3.8) is 0 Å². The van der Waals surface area contributed by atoms with Gasteiger partial charge >= 0.3 is 0 Å². The number of pyridine rings is 1. The third-order valence-corrected chi connectivity index (χ3v) is 5.20. The van der Waals surface area contributed by atoms with Crippen LogP contribution in [0.15, 0.2) is 36.4 Å². The van der Waals surface area contributed by atoms with Crippen molar-refractivity contribution in [3.8, 4) is 11.5 Å². The number of nitro benzene ring substituents is 1. The van der Waals surface area contributed by atoms with Crippen LogP contribution in [0.5, 0.6) is 11.5 Å². The first-order chi connectivity index (χ1) is 14.3. The van der Waals surface area contributed by atoms with E-state index in [4.69, 9.17) is 32.7 Å². The number of hydrogen-bond acceptors (Lipinski definition) is 6. The van der Waals surface area contributed by atoms with E-state index in [2.05, 4.69) is 4.98 Å². The van der Waals surface area contributed by atoms with Gasteiger partial charge in [0.1, 0.15) is 35.3 Å². The summed E-state index contributed by atoms with van der Waals surface area (Å²) in [7, 11) is 3.96. The molecule has 0 fully saturated rings. The lowest BCUT2D eigenvalue weighted by molar-refractivity contribution is -0.384. The summed E-state index contributed by atoms with van der Waals surface area (Å²) in [6, 6.07) is 10.1. The molecule has 0 N–H and O–H groups in total. The van der Waals surface area contributed by atoms with E-state index in [0.717, 1.165) is 23.4 Å². The van der Waals surface area contributed by atoms with Crippen molar-refractivity contribution in [1.29, 1.82) is 0 Å². The van der Waals surface area contributed by atoms with Gasteiger partial charge in [0.2, 0.25) is 0 Å². The molecule has 2 aromatic carbocycles. The molecule has 3 aromatic rings. The maximum Gasteiger partial charge on any atom is 0.288 e. The summed E-state index contributed by atoms with van der Waals surface area (Å²) in [4.78, 5) is 17.2. The van der Waals surface area contributed by atoms with Crippen LogP contribution in [0.2, 0.25) is 10.0 Å². The first kappa shape index (κ1) is 22.1. The molecule has 0 spiro atoms. The van der Waals surface area contributed by atoms with E-state index >= 15 is 0 Å². The zero-order chi connectivity index (χ0) is 21.8. The number of likely N-dealkylation sites (N-methyl/N-ethyl adjacent to an activating group) is 1. The first-order valence-electron chi connectivity index (χ1n) is 9.20. The van der Waals surface area contributed by atoms with Crippen LogP contribution in [0.4, 0.5) is 5.69 Å². The Hall–Kier alpha value is -2.61. The van der Waals surface area contributed by atoms with Crippen molar-refractivity contribution in [2.24, 2.45) is 0 Å². The Morgan fingerprint density at radius 1 is 1.13 bits per heavy atom. The molecule has 0 unspecified atom stereocenters. The molecule has 1 heterocycles. The van der Waals surface area contributed by atoms with Crippen molar-refractivity contribution >= 4 is 39.8 Å². The number of halogens is 2. The first-order valence-corrected chi connectivity index (χ1v) is 9.95. The fourth-order valence-electron chi connectivity index (χ4n) is 2.90. The molecule has 0 saturated carbocycles. The zero-order valence-electron chi connectivity index (χ0n) is 16.8. The number of para-hydroxylation sites is 1. The molecule has 158 valence electrons. The predicted octanol–water partition coefficient (Wildman–Crippen LogP) is 5.28. The fraction of sp³-hybridized carbons (Fsp3) is 0.286. The summed E-state index contributed by atoms with van der Waals surface area (Å²) in [5, 5.41) is 12.2. The van der Waals surface area contributed by atoms with Crippen LogP contribution in [-0.2, 0) is 6.61 Å². The zero-order valence-corrected chi connectivity index (χ0v) is 18.3. The van der Waals surface area contributed by atoms with Gasteiger partial charge in [-0.1, -0.05) is 29.3 Å². The Morgan fingerprint density at radius 2 is 1.90 bits per heavy atom. The monoisotopic (exact) mass is 449 g/mol. The van der Waals surface area contributed by atoms with E-state index in [1.807, 2.05) is 44.1 Å². The molecular formula is C21H21Cl2N3O4. The molecule has 0 aliphatic rings. The lowest BCUT2D eigenvalue weighted by Gasteiger charge is -2.15. The maximum atomic E-state index is 11.1. The minimum atomic E-state index is -0.553.